The highest BCUT2D eigenvalue weighted by atomic mass is 16.8. The summed E-state index contributed by atoms with van der Waals surface area (Å²) in [4.78, 5) is 76.4. The van der Waals surface area contributed by atoms with E-state index in [1.54, 1.807) is 42.3 Å². The van der Waals surface area contributed by atoms with Gasteiger partial charge in [-0.15, -0.1) is 5.10 Å². The quantitative estimate of drug-likeness (QED) is 0.0265. The number of aliphatic hydroxyl groups excluding tert-OH is 4. The second-order valence-corrected chi connectivity index (χ2v) is 24.7. The number of aliphatic imine (C=N–C) groups is 5. The lowest BCUT2D eigenvalue weighted by Gasteiger charge is -2.23. The molecule has 1 aromatic heterocycles. The molecule has 0 aromatic carbocycles. The number of aromatic nitrogens is 3. The molecule has 7 aliphatic heterocycles. The minimum atomic E-state index is -1.31. The van der Waals surface area contributed by atoms with Crippen molar-refractivity contribution >= 4 is 60.2 Å². The third-order valence-corrected chi connectivity index (χ3v) is 16.0. The Hall–Kier alpha value is -6.36. The van der Waals surface area contributed by atoms with Gasteiger partial charge in [-0.25, -0.2) is 34.6 Å². The number of methoxy groups -OCH3 is 6. The van der Waals surface area contributed by atoms with Gasteiger partial charge in [0.1, 0.15) is 80.0 Å². The van der Waals surface area contributed by atoms with Crippen LogP contribution in [-0.4, -0.2) is 354 Å². The van der Waals surface area contributed by atoms with E-state index in [9.17, 15) is 34.5 Å². The Kier molecular flexibility index (Phi) is 34.8. The number of ether oxygens (including phenoxy) is 16. The Morgan fingerprint density at radius 2 is 0.921 bits per heavy atom. The fraction of sp³-hybridized carbons (Fsp3) is 0.803. The van der Waals surface area contributed by atoms with Crippen LogP contribution < -0.4 is 22.5 Å². The van der Waals surface area contributed by atoms with Crippen LogP contribution in [0.5, 0.6) is 0 Å². The molecule has 0 aliphatic carbocycles. The number of nitrogens with zero attached hydrogens (tertiary/aromatic N) is 11. The van der Waals surface area contributed by atoms with Crippen molar-refractivity contribution in [1.29, 1.82) is 5.41 Å². The molecule has 4 unspecified atom stereocenters. The molecule has 0 bridgehead atoms. The van der Waals surface area contributed by atoms with E-state index in [2.05, 4.69) is 40.4 Å². The van der Waals surface area contributed by atoms with E-state index in [1.165, 1.54) is 46.3 Å². The van der Waals surface area contributed by atoms with Gasteiger partial charge >= 0.3 is 1.43 Å². The number of primary amides is 1. The average molecular weight is 1450 g/mol. The summed E-state index contributed by atoms with van der Waals surface area (Å²) in [5, 5.41) is 52.4. The smallest absolute Gasteiger partial charge is 0.394 e. The van der Waals surface area contributed by atoms with Crippen LogP contribution in [0, 0.1) is 5.41 Å². The van der Waals surface area contributed by atoms with Crippen LogP contribution in [0.25, 0.3) is 0 Å². The number of fused-ring (bicyclic) bond motifs is 3. The number of hydrogen-bond donors (Lipinski definition) is 9. The number of aliphatic hydroxyl groups is 4. The predicted molar refractivity (Wildman–Crippen MR) is 358 cm³/mol. The van der Waals surface area contributed by atoms with Gasteiger partial charge in [0.2, 0.25) is 5.82 Å². The molecular weight excluding hydrogens is 1340 g/mol. The molecule has 0 radical (unpaired) electrons. The lowest BCUT2D eigenvalue weighted by molar-refractivity contribution is -0.198. The van der Waals surface area contributed by atoms with Crippen molar-refractivity contribution in [2.45, 2.75) is 184 Å². The fourth-order valence-electron chi connectivity index (χ4n) is 11.1. The number of nitrogens with two attached hydrogens (primary N) is 3. The van der Waals surface area contributed by atoms with Crippen LogP contribution in [0.4, 0.5) is 0 Å². The summed E-state index contributed by atoms with van der Waals surface area (Å²) in [6, 6.07) is 0. The van der Waals surface area contributed by atoms with E-state index in [-0.39, 0.29) is 68.0 Å². The molecule has 0 spiro atoms. The van der Waals surface area contributed by atoms with E-state index in [0.29, 0.717) is 78.9 Å². The van der Waals surface area contributed by atoms with Crippen LogP contribution in [0.3, 0.4) is 0 Å². The monoisotopic (exact) mass is 1450 g/mol. The van der Waals surface area contributed by atoms with Crippen molar-refractivity contribution < 1.29 is 117 Å². The highest BCUT2D eigenvalue weighted by Gasteiger charge is 2.58. The molecule has 8 heterocycles. The molecular formula is C61H107N16O24+. The van der Waals surface area contributed by atoms with E-state index < -0.39 is 109 Å². The first-order valence-corrected chi connectivity index (χ1v) is 32.9. The average Bonchev–Trinajstić information content (AvgIpc) is 1.62. The summed E-state index contributed by atoms with van der Waals surface area (Å²) in [6.07, 6.45) is -2.44. The normalized spacial score (nSPS) is 29.7. The van der Waals surface area contributed by atoms with Gasteiger partial charge in [0.15, 0.2) is 59.8 Å². The van der Waals surface area contributed by atoms with Crippen LogP contribution in [0.2, 0.25) is 0 Å². The van der Waals surface area contributed by atoms with Crippen LogP contribution in [-0.2, 0) is 90.2 Å². The van der Waals surface area contributed by atoms with Gasteiger partial charge in [0.05, 0.1) is 71.4 Å². The van der Waals surface area contributed by atoms with Crippen molar-refractivity contribution in [1.82, 2.24) is 34.8 Å². The Bertz CT molecular complexity index is 2890. The zero-order valence-electron chi connectivity index (χ0n) is 61.0. The summed E-state index contributed by atoms with van der Waals surface area (Å²) < 4.78 is 89.1. The molecule has 7 fully saturated rings. The number of hydrogen-bond acceptors (Lipinski definition) is 30. The number of amides is 4. The number of rotatable bonds is 30. The van der Waals surface area contributed by atoms with Crippen molar-refractivity contribution in [2.75, 3.05) is 135 Å². The van der Waals surface area contributed by atoms with Gasteiger partial charge in [0, 0.05) is 81.9 Å². The zero-order chi connectivity index (χ0) is 74.8. The molecule has 40 nitrogen and oxygen atoms in total. The Morgan fingerprint density at radius 1 is 0.554 bits per heavy atom. The maximum atomic E-state index is 12.4. The van der Waals surface area contributed by atoms with E-state index in [1.807, 2.05) is 41.5 Å². The first kappa shape index (κ1) is 85.3. The van der Waals surface area contributed by atoms with Gasteiger partial charge in [-0.1, -0.05) is 13.8 Å². The summed E-state index contributed by atoms with van der Waals surface area (Å²) >= 11 is 0. The van der Waals surface area contributed by atoms with Gasteiger partial charge in [-0.2, -0.15) is 0 Å². The standard InChI is InChI=1S/C18H32N4O6.C17H30N4O7.C14H26N4O7.C12H18N4O4/c1-6-12-13-14(28-18(2,3)27-13)16(26-12)21-11-20-15(19)17(23)22(7-9-24-4)8-10-25-5;1-17(2)27-12-11(9-22)26-15(13(12)28-17)20-10-19-14(18)16(23)21(5-7-24-3)6-8-25-4;1-23-5-3-18(4-6-24-2)14(22)12(15)16-8-17-13-11(21)10(20)9(7-19)25-13;1-4-6-7-8(20-12(2,3)19-7)11(18-6)16-5-14-10(15-16)9(13)17/h11-14,16H,6-10H2,1-5H3,(H2,19,20,21);10-13,15,22H,5-9H2,1-4H3,(H2,18,19,20);8-11,13,19-21H,3-7H2,1-2H3,(H2,15,16,17);5-8,11H,4H2,1-3H3,(H2,13,17)/p+1/t12-,13?,14+,16-;11-,12?,13+,15-;9-,10?,11+,13-;6-,7?,8+,11-/m1111/s1. The Morgan fingerprint density at radius 3 is 1.33 bits per heavy atom. The van der Waals surface area contributed by atoms with E-state index >= 15 is 0 Å². The van der Waals surface area contributed by atoms with Crippen LogP contribution >= 0.6 is 0 Å². The third kappa shape index (κ3) is 24.6. The molecule has 101 heavy (non-hydrogen) atoms. The summed E-state index contributed by atoms with van der Waals surface area (Å²) in [7, 11) is 9.25. The van der Waals surface area contributed by atoms with Crippen molar-refractivity contribution in [2.24, 2.45) is 42.2 Å². The lowest BCUT2D eigenvalue weighted by Crippen LogP contribution is -2.45. The minimum absolute atomic E-state index is 0. The van der Waals surface area contributed by atoms with E-state index in [0.717, 1.165) is 25.5 Å². The first-order valence-electron chi connectivity index (χ1n) is 32.9. The lowest BCUT2D eigenvalue weighted by atomic mass is 10.1. The van der Waals surface area contributed by atoms with Gasteiger partial charge in [-0.3, -0.25) is 24.6 Å². The molecule has 1 aromatic rings. The maximum Gasteiger partial charge on any atom is 1.00 e. The summed E-state index contributed by atoms with van der Waals surface area (Å²) in [5.74, 6) is -5.06. The minimum Gasteiger partial charge on any atom is -0.394 e. The molecule has 8 rings (SSSR count). The zero-order valence-corrected chi connectivity index (χ0v) is 60.0. The van der Waals surface area contributed by atoms with E-state index in [4.69, 9.17) is 104 Å². The Balaban J connectivity index is 0.000000289. The second-order valence-electron chi connectivity index (χ2n) is 24.7. The first-order chi connectivity index (χ1) is 48.0. The molecule has 40 heteroatoms. The predicted octanol–water partition coefficient (Wildman–Crippen LogP) is -3.66. The van der Waals surface area contributed by atoms with Crippen LogP contribution in [0.15, 0.2) is 31.3 Å². The molecule has 12 N–H and O–H groups in total. The van der Waals surface area contributed by atoms with Crippen LogP contribution in [0.1, 0.15) is 86.5 Å². The van der Waals surface area contributed by atoms with Gasteiger partial charge in [0.25, 0.3) is 23.6 Å². The van der Waals surface area contributed by atoms with Crippen molar-refractivity contribution in [3.63, 3.8) is 0 Å². The molecule has 574 valence electrons. The molecule has 0 saturated carbocycles. The summed E-state index contributed by atoms with van der Waals surface area (Å²) in [6.45, 7) is 18.6. The number of amidine groups is 3. The number of nitrogens with one attached hydrogen (secondary N) is 2. The fourth-order valence-corrected chi connectivity index (χ4v) is 11.1. The van der Waals surface area contributed by atoms with Gasteiger partial charge in [-0.05, 0) is 54.4 Å². The molecule has 4 amide bonds. The van der Waals surface area contributed by atoms with Crippen molar-refractivity contribution in [3.8, 4) is 0 Å². The summed E-state index contributed by atoms with van der Waals surface area (Å²) in [5.41, 5.74) is 16.6. The SMILES string of the molecule is CC[C@H]1O[C@@H](N=CNC(=N)C(=O)N(CCOC)CCOC)[C@H]2OC(C)(C)OC12.CC[C@H]1O[C@@H](n2cnc(C(N)=O)n2)[C@H]2OC(C)(C)OC12.COCCN(CCOC)C(=O)C(N)=NC=N[C@@H]1O[C@H](CO)C(O)[C@@H]1O.COCCN(CCOC)C(=O)C(N)=NC=N[C@@H]1O[C@H](CO)C2OC(C)(C)O[C@@H]21.[H+]. The number of carbonyl (C=O) groups is 4. The van der Waals surface area contributed by atoms with Crippen molar-refractivity contribution in [3.05, 3.63) is 12.2 Å². The van der Waals surface area contributed by atoms with Gasteiger partial charge < -0.3 is 133 Å². The topological polar surface area (TPSA) is 513 Å². The highest BCUT2D eigenvalue weighted by molar-refractivity contribution is 6.39. The second kappa shape index (κ2) is 41.2. The number of carbonyl (C=O) groups excluding carboxylic acids is 4. The Labute approximate surface area is 588 Å². The molecule has 7 saturated heterocycles. The largest absolute Gasteiger partial charge is 1.00 e. The highest BCUT2D eigenvalue weighted by Crippen LogP contribution is 2.44. The third-order valence-electron chi connectivity index (χ3n) is 16.0. The molecule has 7 aliphatic rings. The molecule has 16 atom stereocenters. The maximum absolute atomic E-state index is 12.4.